The van der Waals surface area contributed by atoms with Gasteiger partial charge in [0.2, 0.25) is 0 Å². The lowest BCUT2D eigenvalue weighted by atomic mass is 9.95. The van der Waals surface area contributed by atoms with Crippen LogP contribution in [0.4, 0.5) is 0 Å². The number of Topliss-reactive ketones (excluding diaryl/α,β-unsaturated/α-hetero) is 1. The third-order valence-electron chi connectivity index (χ3n) is 6.56. The number of ketones is 1. The van der Waals surface area contributed by atoms with E-state index in [4.69, 9.17) is 4.74 Å². The Kier molecular flexibility index (Phi) is 23.6. The van der Waals surface area contributed by atoms with Crippen LogP contribution in [0, 0.1) is 0 Å². The number of ether oxygens (including phenoxy) is 1. The van der Waals surface area contributed by atoms with Crippen LogP contribution < -0.4 is 5.32 Å². The molecule has 0 saturated carbocycles. The number of allylic oxidation sites excluding steroid dienone is 1. The molecule has 0 rings (SSSR count). The third-order valence-corrected chi connectivity index (χ3v) is 6.56. The van der Waals surface area contributed by atoms with Crippen molar-refractivity contribution in [1.82, 2.24) is 5.32 Å². The van der Waals surface area contributed by atoms with E-state index in [1.54, 1.807) is 7.11 Å². The first kappa shape index (κ1) is 36.1. The number of nitrogens with one attached hydrogen (secondary N) is 1. The van der Waals surface area contributed by atoms with Crippen LogP contribution in [-0.4, -0.2) is 99.9 Å². The number of hydrogen-bond acceptors (Lipinski definition) is 9. The van der Waals surface area contributed by atoms with E-state index in [9.17, 15) is 35.4 Å². The van der Waals surface area contributed by atoms with Crippen LogP contribution in [0.25, 0.3) is 0 Å². The van der Waals surface area contributed by atoms with E-state index in [-0.39, 0.29) is 19.1 Å². The van der Waals surface area contributed by atoms with Gasteiger partial charge < -0.3 is 40.7 Å². The van der Waals surface area contributed by atoms with Gasteiger partial charge in [0.05, 0.1) is 12.2 Å². The van der Waals surface area contributed by atoms with Gasteiger partial charge in [0.25, 0.3) is 0 Å². The highest BCUT2D eigenvalue weighted by Crippen LogP contribution is 2.14. The zero-order valence-electron chi connectivity index (χ0n) is 23.1. The molecule has 0 aliphatic heterocycles. The summed E-state index contributed by atoms with van der Waals surface area (Å²) in [4.78, 5) is 12.2. The fourth-order valence-electron chi connectivity index (χ4n) is 4.05. The molecule has 6 unspecified atom stereocenters. The van der Waals surface area contributed by atoms with Gasteiger partial charge >= 0.3 is 0 Å². The lowest BCUT2D eigenvalue weighted by Gasteiger charge is -2.28. The number of methoxy groups -OCH3 is 1. The molecule has 0 fully saturated rings. The lowest BCUT2D eigenvalue weighted by molar-refractivity contribution is -0.152. The first-order valence-electron chi connectivity index (χ1n) is 14.2. The molecular formula is C28H55NO8. The van der Waals surface area contributed by atoms with Gasteiger partial charge in [-0.15, -0.1) is 0 Å². The Morgan fingerprint density at radius 2 is 1.49 bits per heavy atom. The van der Waals surface area contributed by atoms with E-state index >= 15 is 0 Å². The van der Waals surface area contributed by atoms with Crippen molar-refractivity contribution >= 4 is 5.78 Å². The molecule has 0 aliphatic carbocycles. The largest absolute Gasteiger partial charge is 0.393 e. The Labute approximate surface area is 223 Å². The molecule has 0 aromatic heterocycles. The van der Waals surface area contributed by atoms with E-state index in [0.29, 0.717) is 32.4 Å². The minimum atomic E-state index is -1.88. The normalized spacial score (nSPS) is 17.0. The fraction of sp³-hybridized carbons (Fsp3) is 0.893. The maximum absolute atomic E-state index is 12.2. The quantitative estimate of drug-likeness (QED) is 0.0652. The summed E-state index contributed by atoms with van der Waals surface area (Å²) >= 11 is 0. The van der Waals surface area contributed by atoms with Gasteiger partial charge in [-0.2, -0.15) is 0 Å². The molecule has 0 aliphatic rings. The van der Waals surface area contributed by atoms with Crippen LogP contribution in [0.1, 0.15) is 96.8 Å². The molecule has 0 aromatic carbocycles. The Bertz CT molecular complexity index is 562. The molecule has 0 amide bonds. The molecule has 7 N–H and O–H groups in total. The monoisotopic (exact) mass is 533 g/mol. The smallest absolute Gasteiger partial charge is 0.164 e. The van der Waals surface area contributed by atoms with Crippen molar-refractivity contribution in [3.05, 3.63) is 12.2 Å². The predicted molar refractivity (Wildman–Crippen MR) is 145 cm³/mol. The lowest BCUT2D eigenvalue weighted by Crippen LogP contribution is -2.53. The summed E-state index contributed by atoms with van der Waals surface area (Å²) in [5.41, 5.74) is 0. The van der Waals surface area contributed by atoms with Crippen LogP contribution in [0.5, 0.6) is 0 Å². The average Bonchev–Trinajstić information content (AvgIpc) is 2.89. The van der Waals surface area contributed by atoms with Gasteiger partial charge in [0, 0.05) is 26.7 Å². The van der Waals surface area contributed by atoms with Crippen molar-refractivity contribution in [3.63, 3.8) is 0 Å². The highest BCUT2D eigenvalue weighted by Gasteiger charge is 2.36. The van der Waals surface area contributed by atoms with Crippen LogP contribution in [0.2, 0.25) is 0 Å². The SMILES string of the molecule is CCCCCCC(O)C/C=C\CCCCCCCC(=O)C(O)C(O)C(O)C(O)C(O)CNCCCOC. The van der Waals surface area contributed by atoms with E-state index in [0.717, 1.165) is 44.9 Å². The summed E-state index contributed by atoms with van der Waals surface area (Å²) in [7, 11) is 1.58. The molecule has 0 heterocycles. The number of hydrogen-bond donors (Lipinski definition) is 7. The second-order valence-corrected chi connectivity index (χ2v) is 10.0. The van der Waals surface area contributed by atoms with Crippen molar-refractivity contribution in [3.8, 4) is 0 Å². The summed E-state index contributed by atoms with van der Waals surface area (Å²) in [6, 6.07) is 0. The molecule has 9 heteroatoms. The van der Waals surface area contributed by atoms with Crippen molar-refractivity contribution in [2.24, 2.45) is 0 Å². The van der Waals surface area contributed by atoms with Crippen molar-refractivity contribution in [2.45, 2.75) is 133 Å². The molecule has 0 saturated heterocycles. The molecule has 6 atom stereocenters. The molecule has 0 aromatic rings. The van der Waals surface area contributed by atoms with Crippen LogP contribution in [0.15, 0.2) is 12.2 Å². The minimum absolute atomic E-state index is 0.0183. The first-order valence-corrected chi connectivity index (χ1v) is 14.2. The second-order valence-electron chi connectivity index (χ2n) is 10.0. The van der Waals surface area contributed by atoms with E-state index in [2.05, 4.69) is 24.4 Å². The Morgan fingerprint density at radius 3 is 2.19 bits per heavy atom. The maximum atomic E-state index is 12.2. The van der Waals surface area contributed by atoms with Crippen molar-refractivity contribution in [1.29, 1.82) is 0 Å². The second kappa shape index (κ2) is 24.2. The standard InChI is InChI=1S/C28H55NO8/c1-3-4-5-12-16-22(30)17-13-10-8-6-7-9-11-14-18-23(31)25(33)27(35)28(36)26(34)24(32)21-29-19-15-20-37-2/h10,13,22,24-30,32-36H,3-9,11-12,14-21H2,1-2H3/b13-10-. The fourth-order valence-corrected chi connectivity index (χ4v) is 4.05. The maximum Gasteiger partial charge on any atom is 0.164 e. The molecule has 37 heavy (non-hydrogen) atoms. The Morgan fingerprint density at radius 1 is 0.811 bits per heavy atom. The van der Waals surface area contributed by atoms with E-state index in [1.807, 2.05) is 0 Å². The first-order chi connectivity index (χ1) is 17.8. The highest BCUT2D eigenvalue weighted by atomic mass is 16.5. The van der Waals surface area contributed by atoms with Crippen LogP contribution in [0.3, 0.4) is 0 Å². The minimum Gasteiger partial charge on any atom is -0.393 e. The molecule has 9 nitrogen and oxygen atoms in total. The Balaban J connectivity index is 3.94. The van der Waals surface area contributed by atoms with E-state index < -0.39 is 36.3 Å². The van der Waals surface area contributed by atoms with Crippen LogP contribution in [-0.2, 0) is 9.53 Å². The summed E-state index contributed by atoms with van der Waals surface area (Å²) in [5, 5.41) is 63.2. The van der Waals surface area contributed by atoms with Gasteiger partial charge in [-0.05, 0) is 45.1 Å². The zero-order chi connectivity index (χ0) is 27.9. The summed E-state index contributed by atoms with van der Waals surface area (Å²) < 4.78 is 4.91. The topological polar surface area (TPSA) is 160 Å². The number of carbonyl (C=O) groups excluding carboxylic acids is 1. The number of carbonyl (C=O) groups is 1. The molecule has 220 valence electrons. The van der Waals surface area contributed by atoms with E-state index in [1.165, 1.54) is 19.3 Å². The zero-order valence-corrected chi connectivity index (χ0v) is 23.1. The predicted octanol–water partition coefficient (Wildman–Crippen LogP) is 1.99. The Hall–Kier alpha value is -0.910. The number of aliphatic hydroxyl groups is 6. The van der Waals surface area contributed by atoms with Gasteiger partial charge in [-0.25, -0.2) is 0 Å². The van der Waals surface area contributed by atoms with Gasteiger partial charge in [0.1, 0.15) is 24.4 Å². The highest BCUT2D eigenvalue weighted by molar-refractivity contribution is 5.83. The van der Waals surface area contributed by atoms with Gasteiger partial charge in [-0.1, -0.05) is 64.0 Å². The molecule has 0 spiro atoms. The average molecular weight is 534 g/mol. The summed E-state index contributed by atoms with van der Waals surface area (Å²) in [6.45, 7) is 3.24. The van der Waals surface area contributed by atoms with Crippen LogP contribution >= 0.6 is 0 Å². The summed E-state index contributed by atoms with van der Waals surface area (Å²) in [6.07, 6.45) is 7.67. The van der Waals surface area contributed by atoms with Gasteiger partial charge in [-0.3, -0.25) is 4.79 Å². The van der Waals surface area contributed by atoms with Crippen molar-refractivity contribution in [2.75, 3.05) is 26.8 Å². The van der Waals surface area contributed by atoms with Gasteiger partial charge in [0.15, 0.2) is 5.78 Å². The van der Waals surface area contributed by atoms with Crippen molar-refractivity contribution < 1.29 is 40.2 Å². The summed E-state index contributed by atoms with van der Waals surface area (Å²) in [5.74, 6) is -0.595. The molecular weight excluding hydrogens is 478 g/mol. The number of rotatable bonds is 26. The number of aliphatic hydroxyl groups excluding tert-OH is 6. The molecule has 0 bridgehead atoms. The third kappa shape index (κ3) is 18.9. The molecule has 0 radical (unpaired) electrons. The number of unbranched alkanes of at least 4 members (excludes halogenated alkanes) is 8.